The summed E-state index contributed by atoms with van der Waals surface area (Å²) in [5.41, 5.74) is 4.59. The van der Waals surface area contributed by atoms with E-state index < -0.39 is 6.10 Å². The molecule has 2 aliphatic rings. The summed E-state index contributed by atoms with van der Waals surface area (Å²) >= 11 is 0. The number of likely N-dealkylation sites (N-methyl/N-ethyl adjacent to an activating group) is 1. The van der Waals surface area contributed by atoms with E-state index in [1.165, 1.54) is 0 Å². The maximum Gasteiger partial charge on any atom is 0.270 e. The molecule has 1 aromatic carbocycles. The summed E-state index contributed by atoms with van der Waals surface area (Å²) in [5, 5.41) is 17.5. The first-order valence-corrected chi connectivity index (χ1v) is 11.9. The van der Waals surface area contributed by atoms with Gasteiger partial charge in [-0.25, -0.2) is 4.98 Å². The number of pyridine rings is 1. The second kappa shape index (κ2) is 9.46. The molecule has 5 rings (SSSR count). The van der Waals surface area contributed by atoms with Crippen molar-refractivity contribution >= 4 is 11.7 Å². The van der Waals surface area contributed by atoms with E-state index in [-0.39, 0.29) is 11.9 Å². The van der Waals surface area contributed by atoms with Gasteiger partial charge >= 0.3 is 0 Å². The number of carbonyl (C=O) groups is 1. The van der Waals surface area contributed by atoms with Gasteiger partial charge in [0.2, 0.25) is 0 Å². The van der Waals surface area contributed by atoms with Gasteiger partial charge in [0.05, 0.1) is 24.9 Å². The first-order valence-electron chi connectivity index (χ1n) is 11.9. The number of anilines is 1. The summed E-state index contributed by atoms with van der Waals surface area (Å²) in [7, 11) is 3.87. The van der Waals surface area contributed by atoms with E-state index in [4.69, 9.17) is 4.74 Å². The number of nitrogens with one attached hydrogen (secondary N) is 1. The van der Waals surface area contributed by atoms with E-state index in [9.17, 15) is 9.90 Å². The molecular formula is C26H31N5O3. The van der Waals surface area contributed by atoms with Gasteiger partial charge in [-0.3, -0.25) is 9.48 Å². The van der Waals surface area contributed by atoms with Gasteiger partial charge in [0, 0.05) is 37.8 Å². The fourth-order valence-electron chi connectivity index (χ4n) is 4.75. The van der Waals surface area contributed by atoms with Crippen molar-refractivity contribution in [2.45, 2.75) is 44.2 Å². The first kappa shape index (κ1) is 22.4. The third-order valence-corrected chi connectivity index (χ3v) is 6.73. The maximum atomic E-state index is 13.1. The maximum absolute atomic E-state index is 13.1. The average Bonchev–Trinajstić information content (AvgIpc) is 3.27. The summed E-state index contributed by atoms with van der Waals surface area (Å²) in [4.78, 5) is 19.8. The van der Waals surface area contributed by atoms with Crippen LogP contribution in [0.2, 0.25) is 0 Å². The summed E-state index contributed by atoms with van der Waals surface area (Å²) < 4.78 is 7.80. The smallest absolute Gasteiger partial charge is 0.270 e. The monoisotopic (exact) mass is 461 g/mol. The Hall–Kier alpha value is -3.39. The topological polar surface area (TPSA) is 92.5 Å². The van der Waals surface area contributed by atoms with Crippen LogP contribution in [-0.4, -0.2) is 58.1 Å². The SMILES string of the molecule is CN1CCOc2c(Cc3ccc(-c4cnn(C)c4)cc3)cc(C(=O)N[C@H]3CCCC[C@@H]3O)nc21. The van der Waals surface area contributed by atoms with E-state index in [1.807, 2.05) is 37.5 Å². The summed E-state index contributed by atoms with van der Waals surface area (Å²) in [5.74, 6) is 1.17. The molecular weight excluding hydrogens is 430 g/mol. The van der Waals surface area contributed by atoms with Gasteiger partial charge in [-0.1, -0.05) is 37.1 Å². The van der Waals surface area contributed by atoms with Crippen LogP contribution in [0.5, 0.6) is 5.75 Å². The zero-order valence-electron chi connectivity index (χ0n) is 19.7. The lowest BCUT2D eigenvalue weighted by atomic mass is 9.92. The Kier molecular flexibility index (Phi) is 6.24. The predicted octanol–water partition coefficient (Wildman–Crippen LogP) is 2.93. The Morgan fingerprint density at radius 3 is 2.71 bits per heavy atom. The number of ether oxygens (including phenoxy) is 1. The first-order chi connectivity index (χ1) is 16.5. The fraction of sp³-hybridized carbons (Fsp3) is 0.423. The highest BCUT2D eigenvalue weighted by Gasteiger charge is 2.28. The molecule has 34 heavy (non-hydrogen) atoms. The molecule has 1 fully saturated rings. The van der Waals surface area contributed by atoms with Crippen molar-refractivity contribution in [3.63, 3.8) is 0 Å². The third-order valence-electron chi connectivity index (χ3n) is 6.73. The van der Waals surface area contributed by atoms with Crippen LogP contribution in [0, 0.1) is 0 Å². The Bertz CT molecular complexity index is 1170. The fourth-order valence-corrected chi connectivity index (χ4v) is 4.75. The number of carbonyl (C=O) groups excluding carboxylic acids is 1. The number of rotatable bonds is 5. The minimum Gasteiger partial charge on any atom is -0.488 e. The Labute approximate surface area is 199 Å². The zero-order chi connectivity index (χ0) is 23.7. The molecule has 3 heterocycles. The molecule has 8 heteroatoms. The highest BCUT2D eigenvalue weighted by atomic mass is 16.5. The summed E-state index contributed by atoms with van der Waals surface area (Å²) in [6.45, 7) is 1.30. The molecule has 0 spiro atoms. The molecule has 2 aromatic heterocycles. The lowest BCUT2D eigenvalue weighted by Gasteiger charge is -2.30. The number of benzene rings is 1. The van der Waals surface area contributed by atoms with Crippen LogP contribution in [0.3, 0.4) is 0 Å². The highest BCUT2D eigenvalue weighted by molar-refractivity contribution is 5.93. The van der Waals surface area contributed by atoms with Gasteiger partial charge in [0.15, 0.2) is 11.6 Å². The van der Waals surface area contributed by atoms with Crippen molar-refractivity contribution in [2.75, 3.05) is 25.1 Å². The third kappa shape index (κ3) is 4.63. The van der Waals surface area contributed by atoms with Crippen molar-refractivity contribution < 1.29 is 14.6 Å². The summed E-state index contributed by atoms with van der Waals surface area (Å²) in [6.07, 6.45) is 7.49. The zero-order valence-corrected chi connectivity index (χ0v) is 19.7. The summed E-state index contributed by atoms with van der Waals surface area (Å²) in [6, 6.07) is 9.98. The number of aryl methyl sites for hydroxylation is 1. The average molecular weight is 462 g/mol. The molecule has 3 aromatic rings. The van der Waals surface area contributed by atoms with E-state index in [2.05, 4.69) is 39.7 Å². The Morgan fingerprint density at radius 2 is 1.97 bits per heavy atom. The molecule has 1 saturated carbocycles. The molecule has 0 unspecified atom stereocenters. The standard InChI is InChI=1S/C26H31N5O3/c1-30-11-12-34-24-19(13-17-7-9-18(10-8-17)20-15-27-31(2)16-20)14-22(28-25(24)30)26(33)29-21-5-3-4-6-23(21)32/h7-10,14-16,21,23,32H,3-6,11-13H2,1-2H3,(H,29,33)/t21-,23-/m0/s1. The molecule has 1 aliphatic carbocycles. The second-order valence-electron chi connectivity index (χ2n) is 9.30. The van der Waals surface area contributed by atoms with Gasteiger partial charge in [-0.15, -0.1) is 0 Å². The number of nitrogens with zero attached hydrogens (tertiary/aromatic N) is 4. The Balaban J connectivity index is 1.41. The van der Waals surface area contributed by atoms with Gasteiger partial charge in [0.25, 0.3) is 5.91 Å². The van der Waals surface area contributed by atoms with Crippen molar-refractivity contribution in [3.05, 3.63) is 59.5 Å². The molecule has 2 atom stereocenters. The Morgan fingerprint density at radius 1 is 1.18 bits per heavy atom. The molecule has 0 saturated heterocycles. The van der Waals surface area contributed by atoms with Crippen LogP contribution in [0.1, 0.15) is 47.3 Å². The van der Waals surface area contributed by atoms with Crippen LogP contribution in [0.25, 0.3) is 11.1 Å². The van der Waals surface area contributed by atoms with Crippen molar-refractivity contribution in [1.82, 2.24) is 20.1 Å². The minimum absolute atomic E-state index is 0.225. The lowest BCUT2D eigenvalue weighted by Crippen LogP contribution is -2.45. The molecule has 0 radical (unpaired) electrons. The van der Waals surface area contributed by atoms with E-state index in [0.717, 1.165) is 53.7 Å². The van der Waals surface area contributed by atoms with Crippen LogP contribution in [0.15, 0.2) is 42.7 Å². The van der Waals surface area contributed by atoms with Crippen LogP contribution in [-0.2, 0) is 13.5 Å². The van der Waals surface area contributed by atoms with Gasteiger partial charge < -0.3 is 20.1 Å². The highest BCUT2D eigenvalue weighted by Crippen LogP contribution is 2.35. The number of amides is 1. The molecule has 178 valence electrons. The molecule has 1 amide bonds. The number of aliphatic hydroxyl groups is 1. The second-order valence-corrected chi connectivity index (χ2v) is 9.30. The molecule has 2 N–H and O–H groups in total. The quantitative estimate of drug-likeness (QED) is 0.607. The number of aromatic nitrogens is 3. The van der Waals surface area contributed by atoms with Gasteiger partial charge in [0.1, 0.15) is 12.3 Å². The molecule has 8 nitrogen and oxygen atoms in total. The minimum atomic E-state index is -0.501. The normalized spacial score (nSPS) is 19.9. The van der Waals surface area contributed by atoms with Gasteiger partial charge in [-0.2, -0.15) is 5.10 Å². The number of hydrogen-bond acceptors (Lipinski definition) is 6. The predicted molar refractivity (Wildman–Crippen MR) is 130 cm³/mol. The largest absolute Gasteiger partial charge is 0.488 e. The number of fused-ring (bicyclic) bond motifs is 1. The number of hydrogen-bond donors (Lipinski definition) is 2. The van der Waals surface area contributed by atoms with Gasteiger partial charge in [-0.05, 0) is 30.0 Å². The lowest BCUT2D eigenvalue weighted by molar-refractivity contribution is 0.0713. The number of aliphatic hydroxyl groups excluding tert-OH is 1. The van der Waals surface area contributed by atoms with Crippen molar-refractivity contribution in [1.29, 1.82) is 0 Å². The van der Waals surface area contributed by atoms with E-state index in [1.54, 1.807) is 4.68 Å². The van der Waals surface area contributed by atoms with Crippen molar-refractivity contribution in [2.24, 2.45) is 7.05 Å². The molecule has 1 aliphatic heterocycles. The van der Waals surface area contributed by atoms with E-state index >= 15 is 0 Å². The van der Waals surface area contributed by atoms with Crippen LogP contribution in [0.4, 0.5) is 5.82 Å². The van der Waals surface area contributed by atoms with Crippen LogP contribution < -0.4 is 15.0 Å². The molecule has 0 bridgehead atoms. The van der Waals surface area contributed by atoms with Crippen molar-refractivity contribution in [3.8, 4) is 16.9 Å². The van der Waals surface area contributed by atoms with Crippen LogP contribution >= 0.6 is 0 Å². The van der Waals surface area contributed by atoms with E-state index in [0.29, 0.717) is 31.1 Å².